The molecule has 0 aliphatic rings. The number of hydrogen-bond donors (Lipinski definition) is 1. The third kappa shape index (κ3) is 15.6. The second-order valence-corrected chi connectivity index (χ2v) is 13.3. The van der Waals surface area contributed by atoms with E-state index in [1.165, 1.54) is 0 Å². The van der Waals surface area contributed by atoms with E-state index in [4.69, 9.17) is 0 Å². The Kier molecular flexibility index (Phi) is 15.3. The molecule has 0 saturated carbocycles. The average molecular weight is 779 g/mol. The fourth-order valence-electron chi connectivity index (χ4n) is 4.38. The van der Waals surface area contributed by atoms with Gasteiger partial charge in [-0.2, -0.15) is 65.9 Å². The van der Waals surface area contributed by atoms with E-state index in [1.807, 2.05) is 4.72 Å². The topological polar surface area (TPSA) is 49.4 Å². The molecule has 0 spiro atoms. The lowest BCUT2D eigenvalue weighted by atomic mass is 9.81. The summed E-state index contributed by atoms with van der Waals surface area (Å²) in [4.78, 5) is 1.58. The molecule has 1 N–H and O–H groups in total. The molecule has 0 amide bonds. The van der Waals surface area contributed by atoms with E-state index < -0.39 is 120 Å². The zero-order valence-electron chi connectivity index (χ0n) is 24.5. The van der Waals surface area contributed by atoms with Crippen LogP contribution in [0, 0.1) is 17.8 Å². The highest BCUT2D eigenvalue weighted by atomic mass is 32.2. The van der Waals surface area contributed by atoms with Crippen molar-refractivity contribution < 1.29 is 96.2 Å². The second kappa shape index (κ2) is 15.8. The summed E-state index contributed by atoms with van der Waals surface area (Å²) in [5.41, 5.74) is -6.85. The Hall–Kier alpha value is -1.53. The molecule has 0 aromatic carbocycles. The van der Waals surface area contributed by atoms with Crippen molar-refractivity contribution in [1.29, 1.82) is 0 Å². The standard InChI is InChI=1S/C23H30F20N2O2S/c1-45(2)6-3-5-44-48(46,47)7-4-13(19(29,30)31)8-14(20(32,33)34)9-15(21(35,36)37)10-16(24,25)11-17(26,27)12-18(28,22(38,39)40)23(41,42)43/h13-15,44H,3-12H2,1-2H3. The molecule has 290 valence electrons. The second-order valence-electron chi connectivity index (χ2n) is 11.4. The predicted octanol–water partition coefficient (Wildman–Crippen LogP) is 8.84. The quantitative estimate of drug-likeness (QED) is 0.112. The molecule has 0 radical (unpaired) electrons. The SMILES string of the molecule is CN(C)CCCNS(=O)(=O)CCC(CC(CC(CC(F)(F)CC(F)(F)CC(F)(C(F)(F)F)C(F)(F)F)C(F)(F)F)C(F)(F)F)C(F)(F)F. The van der Waals surface area contributed by atoms with Crippen LogP contribution >= 0.6 is 0 Å². The minimum Gasteiger partial charge on any atom is -0.309 e. The molecule has 0 aliphatic carbocycles. The minimum absolute atomic E-state index is 0.125. The van der Waals surface area contributed by atoms with Crippen LogP contribution in [0.3, 0.4) is 0 Å². The normalized spacial score (nSPS) is 17.1. The fourth-order valence-corrected chi connectivity index (χ4v) is 5.58. The van der Waals surface area contributed by atoms with Crippen molar-refractivity contribution in [3.63, 3.8) is 0 Å². The highest BCUT2D eigenvalue weighted by Crippen LogP contribution is 2.54. The van der Waals surface area contributed by atoms with Crippen molar-refractivity contribution in [3.8, 4) is 0 Å². The Morgan fingerprint density at radius 3 is 1.38 bits per heavy atom. The number of hydrogen-bond acceptors (Lipinski definition) is 3. The largest absolute Gasteiger partial charge is 0.431 e. The number of sulfonamides is 1. The number of nitrogens with zero attached hydrogens (tertiary/aromatic N) is 1. The molecule has 25 heteroatoms. The first-order valence-electron chi connectivity index (χ1n) is 13.3. The van der Waals surface area contributed by atoms with Crippen LogP contribution in [0.4, 0.5) is 87.8 Å². The first kappa shape index (κ1) is 46.5. The third-order valence-corrected chi connectivity index (χ3v) is 8.25. The van der Waals surface area contributed by atoms with Gasteiger partial charge in [-0.3, -0.25) is 0 Å². The smallest absolute Gasteiger partial charge is 0.309 e. The number of nitrogens with one attached hydrogen (secondary N) is 1. The van der Waals surface area contributed by atoms with Crippen LogP contribution in [-0.2, 0) is 10.0 Å². The van der Waals surface area contributed by atoms with Gasteiger partial charge in [0.15, 0.2) is 0 Å². The van der Waals surface area contributed by atoms with Crippen LogP contribution in [0.15, 0.2) is 0 Å². The Balaban J connectivity index is 6.17. The third-order valence-electron chi connectivity index (χ3n) is 6.83. The van der Waals surface area contributed by atoms with Gasteiger partial charge in [-0.1, -0.05) is 0 Å². The molecule has 48 heavy (non-hydrogen) atoms. The molecule has 0 fully saturated rings. The minimum atomic E-state index is -7.20. The number of halogens is 20. The molecule has 0 heterocycles. The summed E-state index contributed by atoms with van der Waals surface area (Å²) in [6.45, 7) is -0.0443. The molecule has 0 aromatic heterocycles. The van der Waals surface area contributed by atoms with Crippen LogP contribution in [-0.4, -0.2) is 94.7 Å². The van der Waals surface area contributed by atoms with Gasteiger partial charge >= 0.3 is 36.6 Å². The van der Waals surface area contributed by atoms with E-state index >= 15 is 0 Å². The Morgan fingerprint density at radius 2 is 1.00 bits per heavy atom. The number of rotatable bonds is 18. The molecular formula is C23H30F20N2O2S. The summed E-state index contributed by atoms with van der Waals surface area (Å²) in [7, 11) is -1.44. The first-order chi connectivity index (χ1) is 20.9. The number of alkyl halides is 20. The maximum absolute atomic E-state index is 14.3. The van der Waals surface area contributed by atoms with Crippen molar-refractivity contribution in [1.82, 2.24) is 9.62 Å². The maximum Gasteiger partial charge on any atom is 0.431 e. The van der Waals surface area contributed by atoms with Gasteiger partial charge in [-0.15, -0.1) is 0 Å². The monoisotopic (exact) mass is 778 g/mol. The van der Waals surface area contributed by atoms with Crippen molar-refractivity contribution in [2.24, 2.45) is 17.8 Å². The highest BCUT2D eigenvalue weighted by molar-refractivity contribution is 7.89. The maximum atomic E-state index is 14.3. The summed E-state index contributed by atoms with van der Waals surface area (Å²) >= 11 is 0. The Morgan fingerprint density at radius 1 is 0.583 bits per heavy atom. The summed E-state index contributed by atoms with van der Waals surface area (Å²) in [5.74, 6) is -24.6. The molecule has 0 aromatic rings. The zero-order valence-corrected chi connectivity index (χ0v) is 25.4. The van der Waals surface area contributed by atoms with E-state index in [9.17, 15) is 96.2 Å². The summed E-state index contributed by atoms with van der Waals surface area (Å²) < 4.78 is 294. The van der Waals surface area contributed by atoms with Gasteiger partial charge in [0, 0.05) is 13.0 Å². The Labute approximate surface area is 260 Å². The molecule has 4 nitrogen and oxygen atoms in total. The van der Waals surface area contributed by atoms with Gasteiger partial charge in [0.1, 0.15) is 0 Å². The summed E-state index contributed by atoms with van der Waals surface area (Å²) in [6, 6.07) is 0. The lowest BCUT2D eigenvalue weighted by Gasteiger charge is -2.35. The molecular weight excluding hydrogens is 748 g/mol. The summed E-state index contributed by atoms with van der Waals surface area (Å²) in [6.07, 6.45) is -50.0. The van der Waals surface area contributed by atoms with Crippen LogP contribution < -0.4 is 4.72 Å². The van der Waals surface area contributed by atoms with Crippen molar-refractivity contribution >= 4 is 10.0 Å². The van der Waals surface area contributed by atoms with Gasteiger partial charge in [0.05, 0.1) is 36.3 Å². The molecule has 0 saturated heterocycles. The van der Waals surface area contributed by atoms with Crippen molar-refractivity contribution in [2.75, 3.05) is 32.9 Å². The molecule has 0 bridgehead atoms. The van der Waals surface area contributed by atoms with Gasteiger partial charge in [-0.25, -0.2) is 35.1 Å². The van der Waals surface area contributed by atoms with Gasteiger partial charge in [0.25, 0.3) is 11.8 Å². The first-order valence-corrected chi connectivity index (χ1v) is 14.9. The molecule has 0 aliphatic heterocycles. The molecule has 3 atom stereocenters. The van der Waals surface area contributed by atoms with Crippen LogP contribution in [0.2, 0.25) is 0 Å². The molecule has 3 unspecified atom stereocenters. The van der Waals surface area contributed by atoms with Crippen LogP contribution in [0.25, 0.3) is 0 Å². The van der Waals surface area contributed by atoms with Crippen molar-refractivity contribution in [2.45, 2.75) is 93.3 Å². The van der Waals surface area contributed by atoms with Crippen LogP contribution in [0.5, 0.6) is 0 Å². The Bertz CT molecular complexity index is 1080. The summed E-state index contributed by atoms with van der Waals surface area (Å²) in [5, 5.41) is 0. The van der Waals surface area contributed by atoms with Crippen LogP contribution in [0.1, 0.15) is 44.9 Å². The lowest BCUT2D eigenvalue weighted by Crippen LogP contribution is -2.56. The van der Waals surface area contributed by atoms with E-state index in [-0.39, 0.29) is 19.5 Å². The fraction of sp³-hybridized carbons (Fsp3) is 1.00. The van der Waals surface area contributed by atoms with Gasteiger partial charge in [0.2, 0.25) is 10.0 Å². The molecule has 0 rings (SSSR count). The van der Waals surface area contributed by atoms with Gasteiger partial charge in [-0.05, 0) is 46.3 Å². The van der Waals surface area contributed by atoms with Gasteiger partial charge < -0.3 is 4.90 Å². The van der Waals surface area contributed by atoms with E-state index in [0.717, 1.165) is 0 Å². The zero-order chi connectivity index (χ0) is 38.6. The predicted molar refractivity (Wildman–Crippen MR) is 127 cm³/mol. The van der Waals surface area contributed by atoms with E-state index in [2.05, 4.69) is 0 Å². The average Bonchev–Trinajstić information content (AvgIpc) is 2.78. The lowest BCUT2D eigenvalue weighted by molar-refractivity contribution is -0.356. The van der Waals surface area contributed by atoms with E-state index in [0.29, 0.717) is 0 Å². The van der Waals surface area contributed by atoms with Crippen molar-refractivity contribution in [3.05, 3.63) is 0 Å². The van der Waals surface area contributed by atoms with E-state index in [1.54, 1.807) is 19.0 Å². The highest BCUT2D eigenvalue weighted by Gasteiger charge is 2.75.